The molecule has 0 unspecified atom stereocenters. The van der Waals surface area contributed by atoms with E-state index in [0.717, 1.165) is 5.52 Å². The number of rotatable bonds is 5. The van der Waals surface area contributed by atoms with Crippen molar-refractivity contribution in [3.63, 3.8) is 0 Å². The molecule has 0 aliphatic heterocycles. The average molecular weight is 342 g/mol. The van der Waals surface area contributed by atoms with Crippen LogP contribution in [0.4, 0.5) is 4.79 Å². The number of hydrogen-bond donors (Lipinski definition) is 2. The van der Waals surface area contributed by atoms with Gasteiger partial charge in [0.05, 0.1) is 23.8 Å². The van der Waals surface area contributed by atoms with E-state index in [4.69, 9.17) is 4.42 Å². The van der Waals surface area contributed by atoms with Crippen LogP contribution in [0.2, 0.25) is 0 Å². The molecule has 0 fully saturated rings. The molecule has 0 aliphatic carbocycles. The quantitative estimate of drug-likeness (QED) is 0.733. The Hall–Kier alpha value is -3.29. The first-order valence-electron chi connectivity index (χ1n) is 7.88. The van der Waals surface area contributed by atoms with E-state index >= 15 is 0 Å². The third-order valence-electron chi connectivity index (χ3n) is 3.80. The summed E-state index contributed by atoms with van der Waals surface area (Å²) in [7, 11) is 0. The Balaban J connectivity index is 1.69. The maximum Gasteiger partial charge on any atom is 0.329 e. The number of amides is 3. The van der Waals surface area contributed by atoms with E-state index in [2.05, 4.69) is 10.6 Å². The molecule has 8 heteroatoms. The van der Waals surface area contributed by atoms with Gasteiger partial charge >= 0.3 is 11.7 Å². The number of carbonyl (C=O) groups excluding carboxylic acids is 2. The van der Waals surface area contributed by atoms with Gasteiger partial charge in [0, 0.05) is 6.54 Å². The van der Waals surface area contributed by atoms with Gasteiger partial charge in [0.1, 0.15) is 12.3 Å². The monoisotopic (exact) mass is 342 g/mol. The number of aryl methyl sites for hydroxylation is 1. The number of aromatic nitrogens is 2. The molecule has 0 atom stereocenters. The molecule has 2 N–H and O–H groups in total. The van der Waals surface area contributed by atoms with Crippen molar-refractivity contribution in [1.29, 1.82) is 0 Å². The van der Waals surface area contributed by atoms with Gasteiger partial charge in [-0.15, -0.1) is 0 Å². The van der Waals surface area contributed by atoms with E-state index in [-0.39, 0.29) is 18.8 Å². The van der Waals surface area contributed by atoms with Crippen molar-refractivity contribution in [3.8, 4) is 0 Å². The lowest BCUT2D eigenvalue weighted by Crippen LogP contribution is -2.41. The molecule has 0 saturated heterocycles. The minimum Gasteiger partial charge on any atom is -0.467 e. The van der Waals surface area contributed by atoms with Crippen molar-refractivity contribution in [3.05, 3.63) is 58.9 Å². The second-order valence-electron chi connectivity index (χ2n) is 5.41. The van der Waals surface area contributed by atoms with Crippen LogP contribution in [0.25, 0.3) is 11.0 Å². The highest BCUT2D eigenvalue weighted by atomic mass is 16.3. The Bertz CT molecular complexity index is 953. The Labute approximate surface area is 143 Å². The fourth-order valence-electron chi connectivity index (χ4n) is 2.67. The van der Waals surface area contributed by atoms with Crippen LogP contribution in [0.5, 0.6) is 0 Å². The maximum atomic E-state index is 12.5. The van der Waals surface area contributed by atoms with Crippen LogP contribution in [0.1, 0.15) is 12.7 Å². The van der Waals surface area contributed by atoms with E-state index < -0.39 is 11.9 Å². The van der Waals surface area contributed by atoms with E-state index in [1.54, 1.807) is 28.8 Å². The summed E-state index contributed by atoms with van der Waals surface area (Å²) in [6.45, 7) is 2.29. The summed E-state index contributed by atoms with van der Waals surface area (Å²) in [5.41, 5.74) is 1.13. The van der Waals surface area contributed by atoms with Crippen LogP contribution in [0.3, 0.4) is 0 Å². The zero-order chi connectivity index (χ0) is 17.8. The van der Waals surface area contributed by atoms with Gasteiger partial charge in [0.25, 0.3) is 0 Å². The normalized spacial score (nSPS) is 10.8. The minimum absolute atomic E-state index is 0.168. The molecule has 2 heterocycles. The predicted octanol–water partition coefficient (Wildman–Crippen LogP) is 1.44. The molecule has 130 valence electrons. The van der Waals surface area contributed by atoms with E-state index in [0.29, 0.717) is 17.8 Å². The Morgan fingerprint density at radius 1 is 1.08 bits per heavy atom. The molecule has 0 spiro atoms. The van der Waals surface area contributed by atoms with E-state index in [1.807, 2.05) is 19.1 Å². The minimum atomic E-state index is -0.645. The first kappa shape index (κ1) is 16.6. The van der Waals surface area contributed by atoms with Gasteiger partial charge in [-0.05, 0) is 31.2 Å². The number of urea groups is 1. The van der Waals surface area contributed by atoms with Crippen molar-refractivity contribution in [2.24, 2.45) is 0 Å². The molecule has 3 amide bonds. The molecule has 3 rings (SSSR count). The number of fused-ring (bicyclic) bond motifs is 1. The zero-order valence-electron chi connectivity index (χ0n) is 13.7. The molecular weight excluding hydrogens is 324 g/mol. The van der Waals surface area contributed by atoms with E-state index in [1.165, 1.54) is 10.8 Å². The third-order valence-corrected chi connectivity index (χ3v) is 3.80. The number of furan rings is 1. The van der Waals surface area contributed by atoms with Crippen molar-refractivity contribution in [1.82, 2.24) is 19.8 Å². The summed E-state index contributed by atoms with van der Waals surface area (Å²) >= 11 is 0. The maximum absolute atomic E-state index is 12.5. The van der Waals surface area contributed by atoms with Gasteiger partial charge in [-0.25, -0.2) is 9.59 Å². The van der Waals surface area contributed by atoms with Gasteiger partial charge in [-0.1, -0.05) is 12.1 Å². The standard InChI is InChI=1S/C17H18N4O4/c1-2-20-13-7-3-4-8-14(13)21(17(20)24)11-15(22)19-16(23)18-10-12-6-5-9-25-12/h3-9H,2,10-11H2,1H3,(H2,18,19,22,23). The zero-order valence-corrected chi connectivity index (χ0v) is 13.7. The molecule has 8 nitrogen and oxygen atoms in total. The summed E-state index contributed by atoms with van der Waals surface area (Å²) in [6, 6.07) is 10.00. The molecule has 0 radical (unpaired) electrons. The third kappa shape index (κ3) is 3.47. The Morgan fingerprint density at radius 2 is 1.80 bits per heavy atom. The highest BCUT2D eigenvalue weighted by Gasteiger charge is 2.15. The summed E-state index contributed by atoms with van der Waals surface area (Å²) in [5.74, 6) is 0.00267. The van der Waals surface area contributed by atoms with Crippen molar-refractivity contribution < 1.29 is 14.0 Å². The molecule has 3 aromatic rings. The molecule has 0 aliphatic rings. The summed E-state index contributed by atoms with van der Waals surface area (Å²) in [4.78, 5) is 36.3. The topological polar surface area (TPSA) is 98.3 Å². The van der Waals surface area contributed by atoms with Gasteiger partial charge in [0.15, 0.2) is 0 Å². The Kier molecular flexibility index (Phi) is 4.69. The van der Waals surface area contributed by atoms with Crippen LogP contribution in [-0.4, -0.2) is 21.1 Å². The number of nitrogens with zero attached hydrogens (tertiary/aromatic N) is 2. The predicted molar refractivity (Wildman–Crippen MR) is 91.0 cm³/mol. The van der Waals surface area contributed by atoms with Crippen LogP contribution < -0.4 is 16.3 Å². The lowest BCUT2D eigenvalue weighted by molar-refractivity contribution is -0.120. The largest absolute Gasteiger partial charge is 0.467 e. The molecule has 0 saturated carbocycles. The van der Waals surface area contributed by atoms with E-state index in [9.17, 15) is 14.4 Å². The van der Waals surface area contributed by atoms with Gasteiger partial charge in [0.2, 0.25) is 5.91 Å². The second kappa shape index (κ2) is 7.08. The Morgan fingerprint density at radius 3 is 2.44 bits per heavy atom. The van der Waals surface area contributed by atoms with Crippen LogP contribution >= 0.6 is 0 Å². The number of hydrogen-bond acceptors (Lipinski definition) is 4. The number of nitrogens with one attached hydrogen (secondary N) is 2. The van der Waals surface area contributed by atoms with Crippen molar-refractivity contribution >= 4 is 23.0 Å². The fourth-order valence-corrected chi connectivity index (χ4v) is 2.67. The summed E-state index contributed by atoms with van der Waals surface area (Å²) in [5, 5.41) is 4.72. The van der Waals surface area contributed by atoms with Gasteiger partial charge < -0.3 is 9.73 Å². The SMILES string of the molecule is CCn1c(=O)n(CC(=O)NC(=O)NCc2ccco2)c2ccccc21. The summed E-state index contributed by atoms with van der Waals surface area (Å²) in [6.07, 6.45) is 1.50. The van der Waals surface area contributed by atoms with Crippen LogP contribution in [0.15, 0.2) is 51.9 Å². The van der Waals surface area contributed by atoms with Crippen molar-refractivity contribution in [2.75, 3.05) is 0 Å². The van der Waals surface area contributed by atoms with Gasteiger partial charge in [-0.2, -0.15) is 0 Å². The molecule has 25 heavy (non-hydrogen) atoms. The highest BCUT2D eigenvalue weighted by molar-refractivity contribution is 5.94. The molecule has 1 aromatic carbocycles. The smallest absolute Gasteiger partial charge is 0.329 e. The van der Waals surface area contributed by atoms with Crippen molar-refractivity contribution in [2.45, 2.75) is 26.6 Å². The molecular formula is C17H18N4O4. The molecule has 0 bridgehead atoms. The number of imide groups is 1. The second-order valence-corrected chi connectivity index (χ2v) is 5.41. The first-order chi connectivity index (χ1) is 12.1. The number of benzene rings is 1. The lowest BCUT2D eigenvalue weighted by Gasteiger charge is -2.06. The number of imidazole rings is 1. The van der Waals surface area contributed by atoms with Crippen LogP contribution in [-0.2, 0) is 24.4 Å². The molecule has 2 aromatic heterocycles. The average Bonchev–Trinajstić information content (AvgIpc) is 3.20. The first-order valence-corrected chi connectivity index (χ1v) is 7.88. The summed E-state index contributed by atoms with van der Waals surface area (Å²) < 4.78 is 8.03. The number of para-hydroxylation sites is 2. The van der Waals surface area contributed by atoms with Gasteiger partial charge in [-0.3, -0.25) is 19.2 Å². The number of carbonyl (C=O) groups is 2. The fraction of sp³-hybridized carbons (Fsp3) is 0.235. The highest BCUT2D eigenvalue weighted by Crippen LogP contribution is 2.12. The van der Waals surface area contributed by atoms with Crippen LogP contribution in [0, 0.1) is 0 Å². The lowest BCUT2D eigenvalue weighted by atomic mass is 10.3.